The molecule has 3 unspecified atom stereocenters. The second-order valence-electron chi connectivity index (χ2n) is 5.99. The smallest absolute Gasteiger partial charge is 0.142 e. The Morgan fingerprint density at radius 1 is 1.35 bits per heavy atom. The number of aliphatic hydroxyl groups excluding tert-OH is 1. The molecule has 1 aliphatic heterocycles. The highest BCUT2D eigenvalue weighted by Gasteiger charge is 2.24. The van der Waals surface area contributed by atoms with Gasteiger partial charge in [0.05, 0.1) is 5.69 Å². The van der Waals surface area contributed by atoms with Gasteiger partial charge in [-0.05, 0) is 37.8 Å². The highest BCUT2D eigenvalue weighted by molar-refractivity contribution is 5.51. The van der Waals surface area contributed by atoms with Crippen molar-refractivity contribution in [2.45, 2.75) is 38.8 Å². The summed E-state index contributed by atoms with van der Waals surface area (Å²) in [5.74, 6) is 1.36. The standard InChI is InChI=1S/C16H26N2O2/c1-12-7-8-13(2)18(9-12)10-14(19)11-20-16-6-4-3-5-15(16)17/h3-6,12-14,19H,7-11,17H2,1-2H3. The lowest BCUT2D eigenvalue weighted by atomic mass is 9.95. The van der Waals surface area contributed by atoms with Gasteiger partial charge in [0.1, 0.15) is 18.5 Å². The molecule has 1 aliphatic rings. The fourth-order valence-corrected chi connectivity index (χ4v) is 2.76. The summed E-state index contributed by atoms with van der Waals surface area (Å²) < 4.78 is 5.60. The summed E-state index contributed by atoms with van der Waals surface area (Å²) in [4.78, 5) is 2.36. The van der Waals surface area contributed by atoms with Gasteiger partial charge in [-0.15, -0.1) is 0 Å². The van der Waals surface area contributed by atoms with Crippen LogP contribution < -0.4 is 10.5 Å². The van der Waals surface area contributed by atoms with Crippen molar-refractivity contribution in [3.05, 3.63) is 24.3 Å². The Hall–Kier alpha value is -1.26. The summed E-state index contributed by atoms with van der Waals surface area (Å²) in [6.07, 6.45) is 2.01. The first-order chi connectivity index (χ1) is 9.56. The molecule has 1 aromatic carbocycles. The Morgan fingerprint density at radius 2 is 2.10 bits per heavy atom. The van der Waals surface area contributed by atoms with E-state index >= 15 is 0 Å². The van der Waals surface area contributed by atoms with Crippen LogP contribution in [-0.4, -0.2) is 41.8 Å². The molecule has 0 saturated carbocycles. The van der Waals surface area contributed by atoms with Crippen LogP contribution in [0.15, 0.2) is 24.3 Å². The van der Waals surface area contributed by atoms with Crippen molar-refractivity contribution in [1.29, 1.82) is 0 Å². The monoisotopic (exact) mass is 278 g/mol. The summed E-state index contributed by atoms with van der Waals surface area (Å²) in [7, 11) is 0. The number of nitrogens with two attached hydrogens (primary N) is 1. The maximum absolute atomic E-state index is 10.2. The van der Waals surface area contributed by atoms with Crippen LogP contribution in [0.2, 0.25) is 0 Å². The summed E-state index contributed by atoms with van der Waals surface area (Å²) >= 11 is 0. The van der Waals surface area contributed by atoms with Gasteiger partial charge in [0.15, 0.2) is 0 Å². The molecule has 0 bridgehead atoms. The number of benzene rings is 1. The van der Waals surface area contributed by atoms with Crippen LogP contribution in [-0.2, 0) is 0 Å². The van der Waals surface area contributed by atoms with Crippen molar-refractivity contribution in [2.24, 2.45) is 5.92 Å². The van der Waals surface area contributed by atoms with Gasteiger partial charge in [-0.3, -0.25) is 4.90 Å². The first-order valence-corrected chi connectivity index (χ1v) is 7.45. The fourth-order valence-electron chi connectivity index (χ4n) is 2.76. The molecule has 4 nitrogen and oxygen atoms in total. The Morgan fingerprint density at radius 3 is 2.85 bits per heavy atom. The molecule has 0 aromatic heterocycles. The molecule has 2 rings (SSSR count). The summed E-state index contributed by atoms with van der Waals surface area (Å²) in [6, 6.07) is 7.92. The summed E-state index contributed by atoms with van der Waals surface area (Å²) in [5, 5.41) is 10.2. The molecule has 1 heterocycles. The molecule has 112 valence electrons. The number of hydrogen-bond donors (Lipinski definition) is 2. The van der Waals surface area contributed by atoms with Gasteiger partial charge >= 0.3 is 0 Å². The highest BCUT2D eigenvalue weighted by atomic mass is 16.5. The Balaban J connectivity index is 1.80. The summed E-state index contributed by atoms with van der Waals surface area (Å²) in [6.45, 7) is 6.51. The average Bonchev–Trinajstić information content (AvgIpc) is 2.42. The van der Waals surface area contributed by atoms with Crippen molar-refractivity contribution in [2.75, 3.05) is 25.4 Å². The minimum atomic E-state index is -0.484. The maximum atomic E-state index is 10.2. The third kappa shape index (κ3) is 4.12. The number of nitrogen functional groups attached to an aromatic ring is 1. The molecule has 0 radical (unpaired) electrons. The van der Waals surface area contributed by atoms with E-state index in [4.69, 9.17) is 10.5 Å². The van der Waals surface area contributed by atoms with Gasteiger partial charge in [-0.25, -0.2) is 0 Å². The van der Waals surface area contributed by atoms with Gasteiger partial charge in [-0.1, -0.05) is 19.1 Å². The molecule has 0 aliphatic carbocycles. The van der Waals surface area contributed by atoms with Crippen molar-refractivity contribution in [3.63, 3.8) is 0 Å². The summed E-state index contributed by atoms with van der Waals surface area (Å²) in [5.41, 5.74) is 6.43. The van der Waals surface area contributed by atoms with Crippen LogP contribution in [0.1, 0.15) is 26.7 Å². The largest absolute Gasteiger partial charge is 0.489 e. The zero-order valence-electron chi connectivity index (χ0n) is 12.5. The van der Waals surface area contributed by atoms with E-state index in [0.717, 1.165) is 6.54 Å². The van der Waals surface area contributed by atoms with Gasteiger partial charge in [-0.2, -0.15) is 0 Å². The molecular weight excluding hydrogens is 252 g/mol. The lowest BCUT2D eigenvalue weighted by molar-refractivity contribution is 0.0331. The first-order valence-electron chi connectivity index (χ1n) is 7.45. The fraction of sp³-hybridized carbons (Fsp3) is 0.625. The molecule has 20 heavy (non-hydrogen) atoms. The molecule has 0 spiro atoms. The van der Waals surface area contributed by atoms with Crippen LogP contribution in [0.4, 0.5) is 5.69 Å². The zero-order chi connectivity index (χ0) is 14.5. The molecule has 0 amide bonds. The number of anilines is 1. The van der Waals surface area contributed by atoms with Crippen LogP contribution in [0.25, 0.3) is 0 Å². The van der Waals surface area contributed by atoms with E-state index in [1.807, 2.05) is 18.2 Å². The number of hydrogen-bond acceptors (Lipinski definition) is 4. The maximum Gasteiger partial charge on any atom is 0.142 e. The number of nitrogens with zero attached hydrogens (tertiary/aromatic N) is 1. The zero-order valence-corrected chi connectivity index (χ0v) is 12.5. The van der Waals surface area contributed by atoms with E-state index in [1.54, 1.807) is 6.07 Å². The van der Waals surface area contributed by atoms with E-state index in [2.05, 4.69) is 18.7 Å². The van der Waals surface area contributed by atoms with E-state index in [9.17, 15) is 5.11 Å². The van der Waals surface area contributed by atoms with Crippen LogP contribution in [0.5, 0.6) is 5.75 Å². The molecule has 4 heteroatoms. The topological polar surface area (TPSA) is 58.7 Å². The van der Waals surface area contributed by atoms with Crippen molar-refractivity contribution < 1.29 is 9.84 Å². The minimum Gasteiger partial charge on any atom is -0.489 e. The highest BCUT2D eigenvalue weighted by Crippen LogP contribution is 2.22. The molecule has 1 fully saturated rings. The SMILES string of the molecule is CC1CCC(C)N(CC(O)COc2ccccc2N)C1. The number of para-hydroxylation sites is 2. The lowest BCUT2D eigenvalue weighted by Crippen LogP contribution is -2.46. The first kappa shape index (κ1) is 15.1. The number of β-amino-alcohol motifs (C(OH)–C–C–N with tert-alkyl or cyclic N) is 1. The quantitative estimate of drug-likeness (QED) is 0.810. The molecule has 3 atom stereocenters. The van der Waals surface area contributed by atoms with E-state index < -0.39 is 6.10 Å². The van der Waals surface area contributed by atoms with E-state index in [0.29, 0.717) is 29.9 Å². The predicted octanol–water partition coefficient (Wildman–Crippen LogP) is 2.13. The Labute approximate surface area is 121 Å². The second kappa shape index (κ2) is 6.95. The molecule has 1 saturated heterocycles. The average molecular weight is 278 g/mol. The van der Waals surface area contributed by atoms with Gasteiger partial charge in [0.25, 0.3) is 0 Å². The third-order valence-electron chi connectivity index (χ3n) is 4.04. The number of aliphatic hydroxyl groups is 1. The Kier molecular flexibility index (Phi) is 5.26. The van der Waals surface area contributed by atoms with Gasteiger partial charge < -0.3 is 15.6 Å². The van der Waals surface area contributed by atoms with E-state index in [1.165, 1.54) is 12.8 Å². The number of likely N-dealkylation sites (tertiary alicyclic amines) is 1. The normalized spacial score (nSPS) is 25.4. The minimum absolute atomic E-state index is 0.284. The third-order valence-corrected chi connectivity index (χ3v) is 4.04. The van der Waals surface area contributed by atoms with Gasteiger partial charge in [0.2, 0.25) is 0 Å². The predicted molar refractivity (Wildman–Crippen MR) is 81.8 cm³/mol. The number of rotatable bonds is 5. The molecule has 3 N–H and O–H groups in total. The Bertz CT molecular complexity index is 425. The molecular formula is C16H26N2O2. The second-order valence-corrected chi connectivity index (χ2v) is 5.99. The van der Waals surface area contributed by atoms with Crippen LogP contribution >= 0.6 is 0 Å². The van der Waals surface area contributed by atoms with Crippen molar-refractivity contribution in [1.82, 2.24) is 4.90 Å². The van der Waals surface area contributed by atoms with Crippen molar-refractivity contribution in [3.8, 4) is 5.75 Å². The lowest BCUT2D eigenvalue weighted by Gasteiger charge is -2.37. The van der Waals surface area contributed by atoms with Crippen molar-refractivity contribution >= 4 is 5.69 Å². The molecule has 1 aromatic rings. The number of ether oxygens (including phenoxy) is 1. The van der Waals surface area contributed by atoms with Gasteiger partial charge in [0, 0.05) is 19.1 Å². The number of piperidine rings is 1. The van der Waals surface area contributed by atoms with Crippen LogP contribution in [0.3, 0.4) is 0 Å². The van der Waals surface area contributed by atoms with E-state index in [-0.39, 0.29) is 6.61 Å². The van der Waals surface area contributed by atoms with Crippen LogP contribution in [0, 0.1) is 5.92 Å².